The average Bonchev–Trinajstić information content (AvgIpc) is 2.26. The molecule has 1 unspecified atom stereocenters. The molecule has 0 bridgehead atoms. The molecule has 0 heterocycles. The molecular formula is C16H28BrNSi. The summed E-state index contributed by atoms with van der Waals surface area (Å²) in [6.07, 6.45) is 0. The van der Waals surface area contributed by atoms with Crippen LogP contribution in [0.15, 0.2) is 28.7 Å². The van der Waals surface area contributed by atoms with Crippen LogP contribution < -0.4 is 5.32 Å². The maximum Gasteiger partial charge on any atom is 0.0449 e. The summed E-state index contributed by atoms with van der Waals surface area (Å²) in [7, 11) is -1.05. The Hall–Kier alpha value is -0.123. The van der Waals surface area contributed by atoms with Gasteiger partial charge in [0, 0.05) is 19.1 Å². The molecule has 1 atom stereocenters. The van der Waals surface area contributed by atoms with Crippen LogP contribution in [-0.4, -0.2) is 21.2 Å². The van der Waals surface area contributed by atoms with Gasteiger partial charge >= 0.3 is 0 Å². The minimum atomic E-state index is -1.05. The third-order valence-corrected chi connectivity index (χ3v) is 5.39. The van der Waals surface area contributed by atoms with E-state index in [1.165, 1.54) is 11.6 Å². The molecule has 0 fully saturated rings. The molecule has 19 heavy (non-hydrogen) atoms. The molecule has 0 spiro atoms. The Labute approximate surface area is 128 Å². The SMILES string of the molecule is CC(C)CNCC(C[Si](C)(C)C)c1ccc(Br)cc1. The topological polar surface area (TPSA) is 12.0 Å². The van der Waals surface area contributed by atoms with Gasteiger partial charge < -0.3 is 5.32 Å². The highest BCUT2D eigenvalue weighted by Crippen LogP contribution is 2.27. The molecule has 1 aromatic carbocycles. The zero-order chi connectivity index (χ0) is 14.5. The molecule has 0 aliphatic carbocycles. The molecule has 0 saturated carbocycles. The highest BCUT2D eigenvalue weighted by atomic mass is 79.9. The lowest BCUT2D eigenvalue weighted by Gasteiger charge is -2.26. The number of hydrogen-bond donors (Lipinski definition) is 1. The van der Waals surface area contributed by atoms with Crippen molar-refractivity contribution in [1.29, 1.82) is 0 Å². The van der Waals surface area contributed by atoms with Gasteiger partial charge in [-0.3, -0.25) is 0 Å². The summed E-state index contributed by atoms with van der Waals surface area (Å²) in [5.74, 6) is 1.37. The van der Waals surface area contributed by atoms with Crippen LogP contribution in [0.2, 0.25) is 25.7 Å². The van der Waals surface area contributed by atoms with Crippen molar-refractivity contribution in [2.75, 3.05) is 13.1 Å². The standard InChI is InChI=1S/C16H28BrNSi/c1-13(2)10-18-11-15(12-19(3,4)5)14-6-8-16(17)9-7-14/h6-9,13,15,18H,10-12H2,1-5H3. The van der Waals surface area contributed by atoms with Crippen LogP contribution in [0.5, 0.6) is 0 Å². The van der Waals surface area contributed by atoms with Crippen LogP contribution in [-0.2, 0) is 0 Å². The second-order valence-corrected chi connectivity index (χ2v) is 13.5. The van der Waals surface area contributed by atoms with E-state index in [1.807, 2.05) is 0 Å². The van der Waals surface area contributed by atoms with Gasteiger partial charge in [0.15, 0.2) is 0 Å². The van der Waals surface area contributed by atoms with Gasteiger partial charge in [-0.25, -0.2) is 0 Å². The quantitative estimate of drug-likeness (QED) is 0.679. The van der Waals surface area contributed by atoms with Crippen molar-refractivity contribution in [2.24, 2.45) is 5.92 Å². The maximum absolute atomic E-state index is 3.63. The fourth-order valence-corrected chi connectivity index (χ4v) is 4.45. The fraction of sp³-hybridized carbons (Fsp3) is 0.625. The zero-order valence-electron chi connectivity index (χ0n) is 13.0. The smallest absolute Gasteiger partial charge is 0.0449 e. The normalized spacial score (nSPS) is 13.8. The molecule has 1 aromatic rings. The molecule has 0 saturated heterocycles. The van der Waals surface area contributed by atoms with E-state index in [2.05, 4.69) is 79.0 Å². The van der Waals surface area contributed by atoms with Gasteiger partial charge in [0.2, 0.25) is 0 Å². The van der Waals surface area contributed by atoms with E-state index in [0.717, 1.165) is 23.5 Å². The first-order chi connectivity index (χ1) is 8.78. The summed E-state index contributed by atoms with van der Waals surface area (Å²) in [6, 6.07) is 10.2. The first kappa shape index (κ1) is 16.9. The lowest BCUT2D eigenvalue weighted by molar-refractivity contribution is 0.527. The van der Waals surface area contributed by atoms with E-state index < -0.39 is 8.07 Å². The Morgan fingerprint density at radius 2 is 1.63 bits per heavy atom. The first-order valence-electron chi connectivity index (χ1n) is 7.24. The van der Waals surface area contributed by atoms with Crippen molar-refractivity contribution >= 4 is 24.0 Å². The third kappa shape index (κ3) is 7.28. The summed E-state index contributed by atoms with van der Waals surface area (Å²) in [4.78, 5) is 0. The van der Waals surface area contributed by atoms with Gasteiger partial charge in [-0.15, -0.1) is 0 Å². The third-order valence-electron chi connectivity index (χ3n) is 3.14. The highest BCUT2D eigenvalue weighted by Gasteiger charge is 2.21. The number of benzene rings is 1. The molecule has 0 aliphatic heterocycles. The molecule has 1 nitrogen and oxygen atoms in total. The number of halogens is 1. The van der Waals surface area contributed by atoms with E-state index in [0.29, 0.717) is 5.92 Å². The van der Waals surface area contributed by atoms with Crippen LogP contribution in [0.4, 0.5) is 0 Å². The van der Waals surface area contributed by atoms with Crippen molar-refractivity contribution < 1.29 is 0 Å². The lowest BCUT2D eigenvalue weighted by Crippen LogP contribution is -2.30. The van der Waals surface area contributed by atoms with Gasteiger partial charge in [0.05, 0.1) is 0 Å². The summed E-state index contributed by atoms with van der Waals surface area (Å²) in [6.45, 7) is 14.1. The molecule has 3 heteroatoms. The summed E-state index contributed by atoms with van der Waals surface area (Å²) in [5, 5.41) is 3.63. The Morgan fingerprint density at radius 3 is 2.11 bits per heavy atom. The Bertz CT molecular complexity index is 367. The van der Waals surface area contributed by atoms with Crippen molar-refractivity contribution in [1.82, 2.24) is 5.32 Å². The fourth-order valence-electron chi connectivity index (χ4n) is 2.33. The molecular weight excluding hydrogens is 314 g/mol. The van der Waals surface area contributed by atoms with E-state index >= 15 is 0 Å². The second-order valence-electron chi connectivity index (χ2n) is 7.07. The molecule has 108 valence electrons. The van der Waals surface area contributed by atoms with Gasteiger partial charge in [0.1, 0.15) is 0 Å². The lowest BCUT2D eigenvalue weighted by atomic mass is 10.0. The van der Waals surface area contributed by atoms with E-state index in [4.69, 9.17) is 0 Å². The summed E-state index contributed by atoms with van der Waals surface area (Å²) in [5.41, 5.74) is 1.47. The number of nitrogens with one attached hydrogen (secondary N) is 1. The predicted molar refractivity (Wildman–Crippen MR) is 92.7 cm³/mol. The second kappa shape index (κ2) is 7.60. The van der Waals surface area contributed by atoms with Crippen molar-refractivity contribution in [3.63, 3.8) is 0 Å². The average molecular weight is 342 g/mol. The van der Waals surface area contributed by atoms with Gasteiger partial charge in [0.25, 0.3) is 0 Å². The minimum absolute atomic E-state index is 0.651. The molecule has 0 aliphatic rings. The van der Waals surface area contributed by atoms with Crippen molar-refractivity contribution in [3.8, 4) is 0 Å². The van der Waals surface area contributed by atoms with Gasteiger partial charge in [-0.05, 0) is 42.1 Å². The van der Waals surface area contributed by atoms with Crippen molar-refractivity contribution in [2.45, 2.75) is 45.5 Å². The Balaban J connectivity index is 2.71. The van der Waals surface area contributed by atoms with Crippen LogP contribution >= 0.6 is 15.9 Å². The van der Waals surface area contributed by atoms with Crippen LogP contribution in [0, 0.1) is 5.92 Å². The minimum Gasteiger partial charge on any atom is -0.316 e. The van der Waals surface area contributed by atoms with Crippen molar-refractivity contribution in [3.05, 3.63) is 34.3 Å². The highest BCUT2D eigenvalue weighted by molar-refractivity contribution is 9.10. The molecule has 1 N–H and O–H groups in total. The Kier molecular flexibility index (Phi) is 6.78. The number of hydrogen-bond acceptors (Lipinski definition) is 1. The van der Waals surface area contributed by atoms with Crippen LogP contribution in [0.3, 0.4) is 0 Å². The Morgan fingerprint density at radius 1 is 1.05 bits per heavy atom. The maximum atomic E-state index is 3.63. The molecule has 0 amide bonds. The van der Waals surface area contributed by atoms with Gasteiger partial charge in [-0.1, -0.05) is 61.6 Å². The first-order valence-corrected chi connectivity index (χ1v) is 11.7. The van der Waals surface area contributed by atoms with Crippen LogP contribution in [0.1, 0.15) is 25.3 Å². The number of rotatable bonds is 7. The summed E-state index contributed by atoms with van der Waals surface area (Å²) < 4.78 is 1.16. The van der Waals surface area contributed by atoms with E-state index in [1.54, 1.807) is 0 Å². The van der Waals surface area contributed by atoms with Crippen LogP contribution in [0.25, 0.3) is 0 Å². The van der Waals surface area contributed by atoms with Gasteiger partial charge in [-0.2, -0.15) is 0 Å². The molecule has 0 radical (unpaired) electrons. The molecule has 1 rings (SSSR count). The largest absolute Gasteiger partial charge is 0.316 e. The summed E-state index contributed by atoms with van der Waals surface area (Å²) >= 11 is 3.52. The predicted octanol–water partition coefficient (Wildman–Crippen LogP) is 5.12. The monoisotopic (exact) mass is 341 g/mol. The van der Waals surface area contributed by atoms with E-state index in [9.17, 15) is 0 Å². The molecule has 0 aromatic heterocycles. The zero-order valence-corrected chi connectivity index (χ0v) is 15.5. The van der Waals surface area contributed by atoms with E-state index in [-0.39, 0.29) is 0 Å².